The summed E-state index contributed by atoms with van der Waals surface area (Å²) in [6.07, 6.45) is 5.82. The van der Waals surface area contributed by atoms with E-state index >= 15 is 0 Å². The zero-order valence-corrected chi connectivity index (χ0v) is 19.1. The highest BCUT2D eigenvalue weighted by Gasteiger charge is 2.22. The van der Waals surface area contributed by atoms with Gasteiger partial charge in [0.25, 0.3) is 5.56 Å². The van der Waals surface area contributed by atoms with Gasteiger partial charge in [0, 0.05) is 24.0 Å². The van der Waals surface area contributed by atoms with Crippen LogP contribution in [0.5, 0.6) is 6.01 Å². The van der Waals surface area contributed by atoms with E-state index < -0.39 is 6.04 Å². The second kappa shape index (κ2) is 9.11. The van der Waals surface area contributed by atoms with Gasteiger partial charge in [0.15, 0.2) is 5.82 Å². The van der Waals surface area contributed by atoms with Gasteiger partial charge in [-0.25, -0.2) is 24.5 Å². The average Bonchev–Trinajstić information content (AvgIpc) is 3.43. The summed E-state index contributed by atoms with van der Waals surface area (Å²) >= 11 is 0. The maximum Gasteiger partial charge on any atom is 0.316 e. The molecule has 0 amide bonds. The number of benzene rings is 1. The van der Waals surface area contributed by atoms with Crippen molar-refractivity contribution in [2.45, 2.75) is 13.0 Å². The largest absolute Gasteiger partial charge is 0.467 e. The zero-order chi connectivity index (χ0) is 25.2. The Balaban J connectivity index is 1.71. The molecule has 0 aliphatic heterocycles. The molecule has 13 heteroatoms. The lowest BCUT2D eigenvalue weighted by molar-refractivity contribution is 0.380. The first-order chi connectivity index (χ1) is 17.5. The van der Waals surface area contributed by atoms with Crippen LogP contribution in [0, 0.1) is 11.3 Å². The molecule has 0 radical (unpaired) electrons. The van der Waals surface area contributed by atoms with Crippen LogP contribution in [0.4, 0.5) is 11.8 Å². The maximum absolute atomic E-state index is 13.9. The van der Waals surface area contributed by atoms with Crippen molar-refractivity contribution in [1.82, 2.24) is 34.6 Å². The summed E-state index contributed by atoms with van der Waals surface area (Å²) in [5.74, 6) is 0.755. The lowest BCUT2D eigenvalue weighted by Gasteiger charge is -2.19. The van der Waals surface area contributed by atoms with Crippen molar-refractivity contribution in [2.24, 2.45) is 0 Å². The number of rotatable bonds is 6. The molecule has 0 saturated carbocycles. The Morgan fingerprint density at radius 2 is 1.97 bits per heavy atom. The molecule has 1 aromatic carbocycles. The van der Waals surface area contributed by atoms with Crippen LogP contribution < -0.4 is 21.3 Å². The van der Waals surface area contributed by atoms with Crippen molar-refractivity contribution in [1.29, 1.82) is 5.26 Å². The molecule has 0 bridgehead atoms. The number of nitrogen functional groups attached to an aromatic ring is 1. The Morgan fingerprint density at radius 1 is 1.17 bits per heavy atom. The topological polar surface area (TPSA) is 184 Å². The van der Waals surface area contributed by atoms with Crippen LogP contribution in [0.1, 0.15) is 24.4 Å². The van der Waals surface area contributed by atoms with Gasteiger partial charge in [-0.2, -0.15) is 10.2 Å². The summed E-state index contributed by atoms with van der Waals surface area (Å²) in [5.41, 5.74) is 7.16. The quantitative estimate of drug-likeness (QED) is 0.360. The number of anilines is 2. The monoisotopic (exact) mass is 482 g/mol. The summed E-state index contributed by atoms with van der Waals surface area (Å²) in [6.45, 7) is 1.77. The summed E-state index contributed by atoms with van der Waals surface area (Å²) in [7, 11) is 1.47. The molecule has 36 heavy (non-hydrogen) atoms. The molecule has 0 aliphatic rings. The van der Waals surface area contributed by atoms with E-state index in [2.05, 4.69) is 30.4 Å². The maximum atomic E-state index is 13.9. The highest BCUT2D eigenvalue weighted by Crippen LogP contribution is 2.28. The molecular formula is C23H18N10O3. The number of nitrogens with two attached hydrogens (primary N) is 1. The minimum absolute atomic E-state index is 0.00425. The minimum atomic E-state index is -0.604. The standard InChI is InChI=1S/C23H18N10O3/c1-12(29-19-13(8-24)9-26-22(25)31-19)20-30-16-5-3-4-15(14-10-27-23(35-2)28-11-14)18(16)21(34)33(20)17-6-7-36-32-17/h3-7,9-12H,1-2H3,(H3,25,26,29,31)/t12-/m0/s1. The first-order valence-electron chi connectivity index (χ1n) is 10.6. The van der Waals surface area contributed by atoms with Crippen molar-refractivity contribution in [3.8, 4) is 29.0 Å². The number of nitriles is 1. The van der Waals surface area contributed by atoms with Crippen LogP contribution in [0.2, 0.25) is 0 Å². The Kier molecular flexibility index (Phi) is 5.67. The molecule has 1 atom stereocenters. The fourth-order valence-electron chi connectivity index (χ4n) is 3.74. The van der Waals surface area contributed by atoms with Crippen molar-refractivity contribution in [2.75, 3.05) is 18.2 Å². The number of nitrogens with zero attached hydrogens (tertiary/aromatic N) is 8. The molecule has 3 N–H and O–H groups in total. The van der Waals surface area contributed by atoms with Gasteiger partial charge in [-0.1, -0.05) is 17.3 Å². The first kappa shape index (κ1) is 22.4. The van der Waals surface area contributed by atoms with Gasteiger partial charge < -0.3 is 20.3 Å². The third-order valence-electron chi connectivity index (χ3n) is 5.37. The Labute approximate surface area is 203 Å². The van der Waals surface area contributed by atoms with E-state index in [0.717, 1.165) is 0 Å². The van der Waals surface area contributed by atoms with Crippen molar-refractivity contribution < 1.29 is 9.26 Å². The van der Waals surface area contributed by atoms with Crippen LogP contribution in [0.3, 0.4) is 0 Å². The number of hydrogen-bond donors (Lipinski definition) is 2. The van der Waals surface area contributed by atoms with E-state index in [0.29, 0.717) is 27.9 Å². The Hall–Kier alpha value is -5.38. The highest BCUT2D eigenvalue weighted by molar-refractivity contribution is 5.93. The van der Waals surface area contributed by atoms with E-state index in [4.69, 9.17) is 20.0 Å². The summed E-state index contributed by atoms with van der Waals surface area (Å²) in [6, 6.07) is 8.48. The van der Waals surface area contributed by atoms with E-state index in [1.54, 1.807) is 43.6 Å². The number of hydrogen-bond acceptors (Lipinski definition) is 12. The molecule has 5 aromatic rings. The summed E-state index contributed by atoms with van der Waals surface area (Å²) < 4.78 is 11.4. The fourth-order valence-corrected chi connectivity index (χ4v) is 3.74. The smallest absolute Gasteiger partial charge is 0.316 e. The summed E-state index contributed by atoms with van der Waals surface area (Å²) in [5, 5.41) is 16.8. The third kappa shape index (κ3) is 3.92. The van der Waals surface area contributed by atoms with Crippen LogP contribution in [0.15, 0.2) is 58.4 Å². The van der Waals surface area contributed by atoms with Crippen molar-refractivity contribution in [3.63, 3.8) is 0 Å². The summed E-state index contributed by atoms with van der Waals surface area (Å²) in [4.78, 5) is 35.0. The molecular weight excluding hydrogens is 464 g/mol. The predicted octanol–water partition coefficient (Wildman–Crippen LogP) is 2.26. The highest BCUT2D eigenvalue weighted by atomic mass is 16.5. The van der Waals surface area contributed by atoms with Crippen molar-refractivity contribution in [3.05, 3.63) is 70.9 Å². The lowest BCUT2D eigenvalue weighted by Crippen LogP contribution is -2.28. The molecule has 0 fully saturated rings. The lowest BCUT2D eigenvalue weighted by atomic mass is 10.0. The fraction of sp³-hybridized carbons (Fsp3) is 0.130. The van der Waals surface area contributed by atoms with Gasteiger partial charge in [-0.3, -0.25) is 4.79 Å². The van der Waals surface area contributed by atoms with Gasteiger partial charge in [-0.05, 0) is 18.6 Å². The van der Waals surface area contributed by atoms with Crippen LogP contribution in [-0.2, 0) is 0 Å². The first-order valence-corrected chi connectivity index (χ1v) is 10.6. The SMILES string of the molecule is COc1ncc(-c2cccc3nc([C@H](C)Nc4nc(N)ncc4C#N)n(-c4ccon4)c(=O)c23)cn1. The molecule has 4 aromatic heterocycles. The van der Waals surface area contributed by atoms with E-state index in [9.17, 15) is 10.1 Å². The Morgan fingerprint density at radius 3 is 2.67 bits per heavy atom. The van der Waals surface area contributed by atoms with Gasteiger partial charge in [0.05, 0.1) is 30.3 Å². The van der Waals surface area contributed by atoms with Crippen molar-refractivity contribution >= 4 is 22.7 Å². The average molecular weight is 482 g/mol. The zero-order valence-electron chi connectivity index (χ0n) is 19.1. The second-order valence-corrected chi connectivity index (χ2v) is 7.59. The predicted molar refractivity (Wildman–Crippen MR) is 128 cm³/mol. The molecule has 0 saturated heterocycles. The third-order valence-corrected chi connectivity index (χ3v) is 5.37. The molecule has 0 spiro atoms. The normalized spacial score (nSPS) is 11.7. The molecule has 0 unspecified atom stereocenters. The van der Waals surface area contributed by atoms with Gasteiger partial charge >= 0.3 is 6.01 Å². The Bertz CT molecular complexity index is 1660. The minimum Gasteiger partial charge on any atom is -0.467 e. The van der Waals surface area contributed by atoms with Gasteiger partial charge in [-0.15, -0.1) is 0 Å². The second-order valence-electron chi connectivity index (χ2n) is 7.59. The molecule has 5 rings (SSSR count). The van der Waals surface area contributed by atoms with Gasteiger partial charge in [0.2, 0.25) is 5.95 Å². The number of methoxy groups -OCH3 is 1. The van der Waals surface area contributed by atoms with Crippen LogP contribution in [0.25, 0.3) is 27.8 Å². The number of ether oxygens (including phenoxy) is 1. The number of fused-ring (bicyclic) bond motifs is 1. The van der Waals surface area contributed by atoms with Crippen LogP contribution >= 0.6 is 0 Å². The van der Waals surface area contributed by atoms with E-state index in [1.807, 2.05) is 6.07 Å². The molecule has 13 nitrogen and oxygen atoms in total. The van der Waals surface area contributed by atoms with Gasteiger partial charge in [0.1, 0.15) is 29.5 Å². The van der Waals surface area contributed by atoms with Crippen LogP contribution in [-0.4, -0.2) is 41.8 Å². The number of aromatic nitrogens is 7. The van der Waals surface area contributed by atoms with E-state index in [1.165, 1.54) is 24.1 Å². The molecule has 0 aliphatic carbocycles. The number of nitrogens with one attached hydrogen (secondary N) is 1. The molecule has 4 heterocycles. The molecule has 178 valence electrons. The van der Waals surface area contributed by atoms with E-state index in [-0.39, 0.29) is 34.7 Å².